The molecule has 0 spiro atoms. The first kappa shape index (κ1) is 17.1. The minimum absolute atomic E-state index is 0.148. The summed E-state index contributed by atoms with van der Waals surface area (Å²) >= 11 is 5.95. The highest BCUT2D eigenvalue weighted by atomic mass is 35.5. The van der Waals surface area contributed by atoms with Crippen LogP contribution in [-0.2, 0) is 0 Å². The Bertz CT molecular complexity index is 871. The molecule has 3 rings (SSSR count). The summed E-state index contributed by atoms with van der Waals surface area (Å²) in [5, 5.41) is 6.55. The number of hydrogen-bond acceptors (Lipinski definition) is 5. The van der Waals surface area contributed by atoms with Crippen molar-refractivity contribution in [3.63, 3.8) is 0 Å². The van der Waals surface area contributed by atoms with Gasteiger partial charge in [-0.1, -0.05) is 17.7 Å². The molecule has 0 aliphatic carbocycles. The van der Waals surface area contributed by atoms with Crippen LogP contribution in [0.5, 0.6) is 0 Å². The Labute approximate surface area is 150 Å². The number of anilines is 3. The van der Waals surface area contributed by atoms with E-state index in [1.54, 1.807) is 12.3 Å². The summed E-state index contributed by atoms with van der Waals surface area (Å²) in [6.45, 7) is 3.97. The molecule has 25 heavy (non-hydrogen) atoms. The van der Waals surface area contributed by atoms with Crippen molar-refractivity contribution in [3.05, 3.63) is 59.5 Å². The lowest BCUT2D eigenvalue weighted by atomic mass is 10.2. The number of nitrogens with one attached hydrogen (secondary N) is 2. The maximum Gasteiger partial charge on any atom is 0.225 e. The van der Waals surface area contributed by atoms with Gasteiger partial charge >= 0.3 is 0 Å². The Morgan fingerprint density at radius 2 is 1.88 bits per heavy atom. The molecule has 0 radical (unpaired) electrons. The zero-order valence-electron chi connectivity index (χ0n) is 13.8. The fourth-order valence-corrected chi connectivity index (χ4v) is 2.38. The first-order valence-electron chi connectivity index (χ1n) is 7.80. The van der Waals surface area contributed by atoms with Gasteiger partial charge in [-0.2, -0.15) is 4.98 Å². The summed E-state index contributed by atoms with van der Waals surface area (Å²) < 4.78 is 14.0. The van der Waals surface area contributed by atoms with Crippen molar-refractivity contribution >= 4 is 29.1 Å². The number of aromatic nitrogens is 3. The highest BCUT2D eigenvalue weighted by molar-refractivity contribution is 6.30. The van der Waals surface area contributed by atoms with E-state index in [1.165, 1.54) is 18.2 Å². The fourth-order valence-electron chi connectivity index (χ4n) is 2.21. The van der Waals surface area contributed by atoms with Gasteiger partial charge in [-0.3, -0.25) is 4.98 Å². The van der Waals surface area contributed by atoms with Crippen LogP contribution >= 0.6 is 11.6 Å². The van der Waals surface area contributed by atoms with Gasteiger partial charge in [0.05, 0.1) is 17.1 Å². The first-order chi connectivity index (χ1) is 12.0. The molecule has 3 aromatic rings. The Morgan fingerprint density at radius 1 is 1.04 bits per heavy atom. The van der Waals surface area contributed by atoms with Crippen molar-refractivity contribution in [1.29, 1.82) is 0 Å². The summed E-state index contributed by atoms with van der Waals surface area (Å²) in [6, 6.07) is 11.7. The van der Waals surface area contributed by atoms with E-state index in [-0.39, 0.29) is 11.7 Å². The van der Waals surface area contributed by atoms with E-state index in [2.05, 4.69) is 25.6 Å². The second-order valence-corrected chi connectivity index (χ2v) is 6.16. The average molecular weight is 358 g/mol. The van der Waals surface area contributed by atoms with Crippen molar-refractivity contribution in [2.75, 3.05) is 10.6 Å². The molecule has 0 unspecified atom stereocenters. The summed E-state index contributed by atoms with van der Waals surface area (Å²) in [4.78, 5) is 13.2. The Balaban J connectivity index is 2.01. The van der Waals surface area contributed by atoms with E-state index in [0.717, 1.165) is 0 Å². The van der Waals surface area contributed by atoms with Crippen molar-refractivity contribution < 1.29 is 4.39 Å². The lowest BCUT2D eigenvalue weighted by molar-refractivity contribution is 0.632. The third-order valence-corrected chi connectivity index (χ3v) is 3.50. The topological polar surface area (TPSA) is 62.7 Å². The van der Waals surface area contributed by atoms with Gasteiger partial charge in [0.2, 0.25) is 5.95 Å². The van der Waals surface area contributed by atoms with Gasteiger partial charge in [-0.05, 0) is 44.2 Å². The van der Waals surface area contributed by atoms with Gasteiger partial charge in [-0.15, -0.1) is 0 Å². The van der Waals surface area contributed by atoms with E-state index in [0.29, 0.717) is 28.2 Å². The first-order valence-corrected chi connectivity index (χ1v) is 8.18. The second kappa shape index (κ2) is 7.44. The number of pyridine rings is 1. The third-order valence-electron chi connectivity index (χ3n) is 3.26. The maximum atomic E-state index is 14.0. The standard InChI is InChI=1S/C18H17ClFN5/c1-11(2)22-18-24-16(14-5-3-4-8-21-14)10-17(25-18)23-15-9-12(19)6-7-13(15)20/h3-11H,1-2H3,(H2,22,23,24,25). The van der Waals surface area contributed by atoms with Gasteiger partial charge < -0.3 is 10.6 Å². The number of nitrogens with zero attached hydrogens (tertiary/aromatic N) is 3. The van der Waals surface area contributed by atoms with Crippen LogP contribution in [0.4, 0.5) is 21.8 Å². The SMILES string of the molecule is CC(C)Nc1nc(Nc2cc(Cl)ccc2F)cc(-c2ccccn2)n1. The largest absolute Gasteiger partial charge is 0.352 e. The van der Waals surface area contributed by atoms with Gasteiger partial charge in [-0.25, -0.2) is 9.37 Å². The molecular formula is C18H17ClFN5. The predicted molar refractivity (Wildman–Crippen MR) is 98.7 cm³/mol. The number of halogens is 2. The molecular weight excluding hydrogens is 341 g/mol. The maximum absolute atomic E-state index is 14.0. The Hall–Kier alpha value is -2.73. The quantitative estimate of drug-likeness (QED) is 0.680. The molecule has 0 bridgehead atoms. The summed E-state index contributed by atoms with van der Waals surface area (Å²) in [7, 11) is 0. The molecule has 128 valence electrons. The molecule has 2 aromatic heterocycles. The molecule has 7 heteroatoms. The Morgan fingerprint density at radius 3 is 2.60 bits per heavy atom. The number of benzene rings is 1. The van der Waals surface area contributed by atoms with Gasteiger partial charge in [0, 0.05) is 23.3 Å². The molecule has 0 fully saturated rings. The van der Waals surface area contributed by atoms with Crippen molar-refractivity contribution in [2.24, 2.45) is 0 Å². The van der Waals surface area contributed by atoms with Crippen molar-refractivity contribution in [1.82, 2.24) is 15.0 Å². The van der Waals surface area contributed by atoms with Crippen LogP contribution in [0.1, 0.15) is 13.8 Å². The van der Waals surface area contributed by atoms with E-state index < -0.39 is 5.82 Å². The normalized spacial score (nSPS) is 10.8. The zero-order valence-corrected chi connectivity index (χ0v) is 14.5. The zero-order chi connectivity index (χ0) is 17.8. The van der Waals surface area contributed by atoms with Crippen LogP contribution in [0.25, 0.3) is 11.4 Å². The summed E-state index contributed by atoms with van der Waals surface area (Å²) in [6.07, 6.45) is 1.69. The minimum atomic E-state index is -0.416. The van der Waals surface area contributed by atoms with E-state index in [4.69, 9.17) is 11.6 Å². The van der Waals surface area contributed by atoms with Crippen LogP contribution in [0.15, 0.2) is 48.7 Å². The summed E-state index contributed by atoms with van der Waals surface area (Å²) in [5.74, 6) is 0.462. The van der Waals surface area contributed by atoms with Crippen LogP contribution in [0, 0.1) is 5.82 Å². The monoisotopic (exact) mass is 357 g/mol. The fraction of sp³-hybridized carbons (Fsp3) is 0.167. The highest BCUT2D eigenvalue weighted by Crippen LogP contribution is 2.26. The van der Waals surface area contributed by atoms with E-state index in [1.807, 2.05) is 32.0 Å². The predicted octanol–water partition coefficient (Wildman–Crippen LogP) is 4.90. The van der Waals surface area contributed by atoms with Crippen molar-refractivity contribution in [2.45, 2.75) is 19.9 Å². The molecule has 0 saturated carbocycles. The molecule has 0 aliphatic heterocycles. The van der Waals surface area contributed by atoms with Gasteiger partial charge in [0.1, 0.15) is 11.6 Å². The van der Waals surface area contributed by atoms with Crippen LogP contribution in [0.3, 0.4) is 0 Å². The molecule has 1 aromatic carbocycles. The number of hydrogen-bond donors (Lipinski definition) is 2. The second-order valence-electron chi connectivity index (χ2n) is 5.73. The van der Waals surface area contributed by atoms with Gasteiger partial charge in [0.25, 0.3) is 0 Å². The van der Waals surface area contributed by atoms with Crippen LogP contribution in [-0.4, -0.2) is 21.0 Å². The molecule has 0 aliphatic rings. The molecule has 0 atom stereocenters. The molecule has 0 saturated heterocycles. The Kier molecular flexibility index (Phi) is 5.09. The van der Waals surface area contributed by atoms with Crippen LogP contribution in [0.2, 0.25) is 5.02 Å². The smallest absolute Gasteiger partial charge is 0.225 e. The third kappa shape index (κ3) is 4.42. The molecule has 2 heterocycles. The average Bonchev–Trinajstić information content (AvgIpc) is 2.58. The van der Waals surface area contributed by atoms with Gasteiger partial charge in [0.15, 0.2) is 0 Å². The van der Waals surface area contributed by atoms with E-state index >= 15 is 0 Å². The van der Waals surface area contributed by atoms with Crippen molar-refractivity contribution in [3.8, 4) is 11.4 Å². The van der Waals surface area contributed by atoms with E-state index in [9.17, 15) is 4.39 Å². The lowest BCUT2D eigenvalue weighted by Crippen LogP contribution is -2.13. The van der Waals surface area contributed by atoms with Crippen LogP contribution < -0.4 is 10.6 Å². The molecule has 0 amide bonds. The molecule has 2 N–H and O–H groups in total. The number of rotatable bonds is 5. The highest BCUT2D eigenvalue weighted by Gasteiger charge is 2.11. The summed E-state index contributed by atoms with van der Waals surface area (Å²) in [5.41, 5.74) is 1.57. The molecule has 5 nitrogen and oxygen atoms in total. The lowest BCUT2D eigenvalue weighted by Gasteiger charge is -2.13. The minimum Gasteiger partial charge on any atom is -0.352 e.